The van der Waals surface area contributed by atoms with Crippen LogP contribution in [0.1, 0.15) is 36.8 Å². The van der Waals surface area contributed by atoms with E-state index in [-0.39, 0.29) is 5.91 Å². The topological polar surface area (TPSA) is 57.6 Å². The summed E-state index contributed by atoms with van der Waals surface area (Å²) < 4.78 is 0. The molecule has 0 bridgehead atoms. The zero-order valence-electron chi connectivity index (χ0n) is 14.7. The number of benzene rings is 2. The van der Waals surface area contributed by atoms with E-state index in [0.717, 1.165) is 48.2 Å². The van der Waals surface area contributed by atoms with Gasteiger partial charge in [-0.2, -0.15) is 0 Å². The molecule has 2 aliphatic rings. The minimum Gasteiger partial charge on any atom is -0.481 e. The van der Waals surface area contributed by atoms with Crippen LogP contribution in [-0.4, -0.2) is 17.0 Å². The van der Waals surface area contributed by atoms with Gasteiger partial charge in [-0.25, -0.2) is 0 Å². The van der Waals surface area contributed by atoms with E-state index in [1.54, 1.807) is 4.90 Å². The molecule has 2 atom stereocenters. The number of hydrogen-bond donors (Lipinski definition) is 1. The molecule has 26 heavy (non-hydrogen) atoms. The number of amides is 1. The van der Waals surface area contributed by atoms with Gasteiger partial charge in [-0.1, -0.05) is 49.2 Å². The maximum Gasteiger partial charge on any atom is 0.307 e. The van der Waals surface area contributed by atoms with Crippen molar-refractivity contribution in [2.45, 2.75) is 38.5 Å². The molecular formula is C22H23NO3. The van der Waals surface area contributed by atoms with Gasteiger partial charge in [0.15, 0.2) is 0 Å². The Labute approximate surface area is 153 Å². The predicted octanol–water partition coefficient (Wildman–Crippen LogP) is 4.34. The average Bonchev–Trinajstić information content (AvgIpc) is 2.84. The maximum atomic E-state index is 13.6. The van der Waals surface area contributed by atoms with Crippen LogP contribution in [0.5, 0.6) is 0 Å². The van der Waals surface area contributed by atoms with Gasteiger partial charge in [0.1, 0.15) is 0 Å². The van der Waals surface area contributed by atoms with Crippen molar-refractivity contribution >= 4 is 23.3 Å². The summed E-state index contributed by atoms with van der Waals surface area (Å²) in [5.41, 5.74) is 4.08. The van der Waals surface area contributed by atoms with Crippen LogP contribution in [0.25, 0.3) is 0 Å². The summed E-state index contributed by atoms with van der Waals surface area (Å²) in [6, 6.07) is 16.0. The number of aryl methyl sites for hydroxylation is 2. The Bertz CT molecular complexity index is 797. The third-order valence-electron chi connectivity index (χ3n) is 5.75. The van der Waals surface area contributed by atoms with Crippen molar-refractivity contribution in [1.29, 1.82) is 0 Å². The lowest BCUT2D eigenvalue weighted by molar-refractivity contribution is -0.148. The monoisotopic (exact) mass is 349 g/mol. The van der Waals surface area contributed by atoms with Gasteiger partial charge in [-0.05, 0) is 48.9 Å². The molecule has 0 saturated heterocycles. The molecule has 134 valence electrons. The molecule has 2 aromatic rings. The third-order valence-corrected chi connectivity index (χ3v) is 5.75. The Morgan fingerprint density at radius 1 is 0.808 bits per heavy atom. The first-order chi connectivity index (χ1) is 12.7. The number of aliphatic carboxylic acids is 1. The fourth-order valence-electron chi connectivity index (χ4n) is 4.41. The van der Waals surface area contributed by atoms with Gasteiger partial charge in [-0.3, -0.25) is 14.5 Å². The van der Waals surface area contributed by atoms with E-state index < -0.39 is 17.8 Å². The lowest BCUT2D eigenvalue weighted by Gasteiger charge is -2.33. The summed E-state index contributed by atoms with van der Waals surface area (Å²) in [5, 5.41) is 9.63. The molecule has 4 nitrogen and oxygen atoms in total. The average molecular weight is 349 g/mol. The standard InChI is InChI=1S/C22H23NO3/c24-21(17-9-3-4-10-18(17)22(25)26)23-19-11-5-1-7-15(19)13-14-16-8-2-6-12-20(16)23/h1-2,5-8,11-12,17-18H,3-4,9-10,13-14H2,(H,25,26). The molecule has 4 heteroatoms. The van der Waals surface area contributed by atoms with E-state index in [9.17, 15) is 14.7 Å². The molecule has 2 aromatic carbocycles. The van der Waals surface area contributed by atoms with Crippen molar-refractivity contribution in [3.8, 4) is 0 Å². The zero-order valence-corrected chi connectivity index (χ0v) is 14.7. The molecule has 2 unspecified atom stereocenters. The number of rotatable bonds is 2. The van der Waals surface area contributed by atoms with E-state index in [0.29, 0.717) is 12.8 Å². The van der Waals surface area contributed by atoms with Crippen LogP contribution in [0.3, 0.4) is 0 Å². The van der Waals surface area contributed by atoms with Crippen molar-refractivity contribution in [2.24, 2.45) is 11.8 Å². The van der Waals surface area contributed by atoms with Crippen molar-refractivity contribution in [2.75, 3.05) is 4.90 Å². The molecule has 1 aliphatic heterocycles. The molecule has 1 heterocycles. The number of hydrogen-bond acceptors (Lipinski definition) is 2. The van der Waals surface area contributed by atoms with E-state index in [2.05, 4.69) is 12.1 Å². The lowest BCUT2D eigenvalue weighted by atomic mass is 9.78. The van der Waals surface area contributed by atoms with Gasteiger partial charge >= 0.3 is 5.97 Å². The molecule has 0 spiro atoms. The summed E-state index contributed by atoms with van der Waals surface area (Å²) in [6.07, 6.45) is 4.79. The maximum absolute atomic E-state index is 13.6. The quantitative estimate of drug-likeness (QED) is 0.877. The fraction of sp³-hybridized carbons (Fsp3) is 0.364. The summed E-state index contributed by atoms with van der Waals surface area (Å²) in [4.78, 5) is 27.1. The van der Waals surface area contributed by atoms with Crippen LogP contribution in [-0.2, 0) is 22.4 Å². The van der Waals surface area contributed by atoms with Gasteiger partial charge in [0.25, 0.3) is 0 Å². The Kier molecular flexibility index (Phi) is 4.49. The highest BCUT2D eigenvalue weighted by atomic mass is 16.4. The number of nitrogens with zero attached hydrogens (tertiary/aromatic N) is 1. The second kappa shape index (κ2) is 6.94. The molecular weight excluding hydrogens is 326 g/mol. The van der Waals surface area contributed by atoms with E-state index in [1.165, 1.54) is 0 Å². The molecule has 1 saturated carbocycles. The smallest absolute Gasteiger partial charge is 0.307 e. The molecule has 0 radical (unpaired) electrons. The van der Waals surface area contributed by atoms with Gasteiger partial charge in [0, 0.05) is 0 Å². The largest absolute Gasteiger partial charge is 0.481 e. The Hall–Kier alpha value is -2.62. The van der Waals surface area contributed by atoms with Crippen LogP contribution >= 0.6 is 0 Å². The fourth-order valence-corrected chi connectivity index (χ4v) is 4.41. The van der Waals surface area contributed by atoms with Crippen LogP contribution < -0.4 is 4.90 Å². The number of para-hydroxylation sites is 2. The first-order valence-electron chi connectivity index (χ1n) is 9.39. The van der Waals surface area contributed by atoms with Crippen molar-refractivity contribution in [3.63, 3.8) is 0 Å². The van der Waals surface area contributed by atoms with Gasteiger partial charge < -0.3 is 5.11 Å². The third kappa shape index (κ3) is 2.90. The SMILES string of the molecule is O=C(O)C1CCCCC1C(=O)N1c2ccccc2CCc2ccccc21. The number of carbonyl (C=O) groups is 2. The van der Waals surface area contributed by atoms with Crippen molar-refractivity contribution < 1.29 is 14.7 Å². The van der Waals surface area contributed by atoms with Crippen LogP contribution in [0.4, 0.5) is 11.4 Å². The lowest BCUT2D eigenvalue weighted by Crippen LogP contribution is -2.40. The minimum absolute atomic E-state index is 0.0705. The number of fused-ring (bicyclic) bond motifs is 2. The number of anilines is 2. The van der Waals surface area contributed by atoms with Gasteiger partial charge in [0.2, 0.25) is 5.91 Å². The molecule has 4 rings (SSSR count). The van der Waals surface area contributed by atoms with Crippen LogP contribution in [0.2, 0.25) is 0 Å². The van der Waals surface area contributed by atoms with Gasteiger partial charge in [-0.15, -0.1) is 0 Å². The van der Waals surface area contributed by atoms with E-state index >= 15 is 0 Å². The summed E-state index contributed by atoms with van der Waals surface area (Å²) in [5.74, 6) is -1.96. The second-order valence-electron chi connectivity index (χ2n) is 7.27. The first-order valence-corrected chi connectivity index (χ1v) is 9.39. The Morgan fingerprint density at radius 3 is 1.85 bits per heavy atom. The van der Waals surface area contributed by atoms with E-state index in [1.807, 2.05) is 36.4 Å². The number of carboxylic acid groups (broad SMARTS) is 1. The highest BCUT2D eigenvalue weighted by molar-refractivity contribution is 6.04. The van der Waals surface area contributed by atoms with Crippen LogP contribution in [0, 0.1) is 11.8 Å². The molecule has 1 fully saturated rings. The number of carbonyl (C=O) groups excluding carboxylic acids is 1. The molecule has 1 aliphatic carbocycles. The Balaban J connectivity index is 1.81. The Morgan fingerprint density at radius 2 is 1.31 bits per heavy atom. The van der Waals surface area contributed by atoms with Crippen molar-refractivity contribution in [3.05, 3.63) is 59.7 Å². The summed E-state index contributed by atoms with van der Waals surface area (Å²) in [7, 11) is 0. The molecule has 1 N–H and O–H groups in total. The van der Waals surface area contributed by atoms with Crippen molar-refractivity contribution in [1.82, 2.24) is 0 Å². The zero-order chi connectivity index (χ0) is 18.1. The van der Waals surface area contributed by atoms with Gasteiger partial charge in [0.05, 0.1) is 23.2 Å². The molecule has 1 amide bonds. The highest BCUT2D eigenvalue weighted by Crippen LogP contribution is 2.40. The van der Waals surface area contributed by atoms with E-state index in [4.69, 9.17) is 0 Å². The summed E-state index contributed by atoms with van der Waals surface area (Å²) in [6.45, 7) is 0. The molecule has 0 aromatic heterocycles. The second-order valence-corrected chi connectivity index (χ2v) is 7.27. The number of carboxylic acids is 1. The predicted molar refractivity (Wildman–Crippen MR) is 101 cm³/mol. The van der Waals surface area contributed by atoms with Crippen LogP contribution in [0.15, 0.2) is 48.5 Å². The summed E-state index contributed by atoms with van der Waals surface area (Å²) >= 11 is 0. The highest BCUT2D eigenvalue weighted by Gasteiger charge is 2.39. The normalized spacial score (nSPS) is 22.1. The minimum atomic E-state index is -0.848. The first kappa shape index (κ1) is 16.8.